The summed E-state index contributed by atoms with van der Waals surface area (Å²) in [4.78, 5) is 13.6. The van der Waals surface area contributed by atoms with Crippen molar-refractivity contribution < 1.29 is 4.74 Å². The van der Waals surface area contributed by atoms with E-state index in [2.05, 4.69) is 32.4 Å². The number of ether oxygens (including phenoxy) is 1. The summed E-state index contributed by atoms with van der Waals surface area (Å²) in [5, 5.41) is 12.9. The van der Waals surface area contributed by atoms with Gasteiger partial charge in [-0.15, -0.1) is 0 Å². The molecule has 0 saturated carbocycles. The predicted octanol–water partition coefficient (Wildman–Crippen LogP) is 2.14. The molecule has 1 aromatic carbocycles. The van der Waals surface area contributed by atoms with Gasteiger partial charge in [-0.2, -0.15) is 5.26 Å². The van der Waals surface area contributed by atoms with E-state index < -0.39 is 0 Å². The average Bonchev–Trinajstić information content (AvgIpc) is 2.79. The van der Waals surface area contributed by atoms with E-state index in [-0.39, 0.29) is 12.3 Å². The molecule has 0 radical (unpaired) electrons. The maximum atomic E-state index is 9.29. The summed E-state index contributed by atoms with van der Waals surface area (Å²) in [6, 6.07) is 11.8. The molecule has 29 heavy (non-hydrogen) atoms. The van der Waals surface area contributed by atoms with Gasteiger partial charge >= 0.3 is 0 Å². The lowest BCUT2D eigenvalue weighted by Crippen LogP contribution is -2.54. The van der Waals surface area contributed by atoms with Gasteiger partial charge in [-0.3, -0.25) is 9.88 Å². The first-order valence-electron chi connectivity index (χ1n) is 9.63. The monoisotopic (exact) mass is 388 g/mol. The molecule has 2 unspecified atom stereocenters. The normalized spacial score (nSPS) is 22.1. The van der Waals surface area contributed by atoms with Crippen LogP contribution in [-0.2, 0) is 0 Å². The summed E-state index contributed by atoms with van der Waals surface area (Å²) in [5.74, 6) is 0.793. The fraction of sp³-hybridized carbons (Fsp3) is 0.318. The van der Waals surface area contributed by atoms with Gasteiger partial charge in [-0.1, -0.05) is 0 Å². The maximum Gasteiger partial charge on any atom is 0.178 e. The molecule has 3 heterocycles. The second-order valence-electron chi connectivity index (χ2n) is 7.15. The van der Waals surface area contributed by atoms with Gasteiger partial charge in [-0.25, -0.2) is 4.99 Å². The first kappa shape index (κ1) is 19.1. The van der Waals surface area contributed by atoms with Crippen LogP contribution in [-0.4, -0.2) is 60.6 Å². The molecule has 0 amide bonds. The molecule has 7 heteroatoms. The van der Waals surface area contributed by atoms with E-state index in [9.17, 15) is 5.26 Å². The first-order valence-corrected chi connectivity index (χ1v) is 9.63. The average molecular weight is 388 g/mol. The fourth-order valence-corrected chi connectivity index (χ4v) is 3.82. The van der Waals surface area contributed by atoms with Crippen LogP contribution in [0.3, 0.4) is 0 Å². The van der Waals surface area contributed by atoms with Crippen LogP contribution >= 0.6 is 0 Å². The van der Waals surface area contributed by atoms with Crippen LogP contribution in [0.1, 0.15) is 22.7 Å². The lowest BCUT2D eigenvalue weighted by Gasteiger charge is -2.41. The van der Waals surface area contributed by atoms with Gasteiger partial charge in [0.25, 0.3) is 0 Å². The molecule has 1 saturated heterocycles. The minimum atomic E-state index is -0.0853. The number of rotatable bonds is 4. The van der Waals surface area contributed by atoms with Crippen molar-refractivity contribution in [2.24, 2.45) is 4.99 Å². The third-order valence-electron chi connectivity index (χ3n) is 5.33. The van der Waals surface area contributed by atoms with Crippen molar-refractivity contribution in [3.63, 3.8) is 0 Å². The number of allylic oxidation sites excluding steroid dienone is 1. The van der Waals surface area contributed by atoms with Crippen LogP contribution in [0.5, 0.6) is 5.75 Å². The van der Waals surface area contributed by atoms with E-state index >= 15 is 0 Å². The molecule has 2 aliphatic heterocycles. The molecular weight excluding hydrogens is 364 g/mol. The number of pyridine rings is 1. The Morgan fingerprint density at radius 1 is 1.24 bits per heavy atom. The van der Waals surface area contributed by atoms with E-state index in [4.69, 9.17) is 9.73 Å². The van der Waals surface area contributed by atoms with Crippen LogP contribution in [0.4, 0.5) is 0 Å². The maximum absolute atomic E-state index is 9.29. The fourth-order valence-electron chi connectivity index (χ4n) is 3.82. The lowest BCUT2D eigenvalue weighted by molar-refractivity contribution is 0.0679. The van der Waals surface area contributed by atoms with Crippen molar-refractivity contribution in [3.05, 3.63) is 71.7 Å². The molecule has 2 aromatic rings. The molecule has 1 aromatic heterocycles. The Labute approximate surface area is 170 Å². The topological polar surface area (TPSA) is 76.8 Å². The van der Waals surface area contributed by atoms with E-state index in [1.807, 2.05) is 37.4 Å². The van der Waals surface area contributed by atoms with Gasteiger partial charge in [0.1, 0.15) is 5.75 Å². The highest BCUT2D eigenvalue weighted by Crippen LogP contribution is 2.29. The van der Waals surface area contributed by atoms with Crippen LogP contribution in [0.25, 0.3) is 0 Å². The van der Waals surface area contributed by atoms with Crippen LogP contribution in [0, 0.1) is 11.3 Å². The molecule has 1 N–H and O–H groups in total. The number of nitrogens with zero attached hydrogens (tertiary/aromatic N) is 5. The molecule has 4 rings (SSSR count). The van der Waals surface area contributed by atoms with Crippen molar-refractivity contribution in [1.29, 1.82) is 5.26 Å². The molecule has 0 aliphatic carbocycles. The number of hydrogen-bond donors (Lipinski definition) is 1. The van der Waals surface area contributed by atoms with E-state index in [0.717, 1.165) is 42.2 Å². The SMILES string of the molecule is COc1ccc(C#N)cc1C1CN(C2N=C(c3ccncc3)C=CN2C)CCN1. The molecule has 2 aliphatic rings. The Morgan fingerprint density at radius 3 is 2.83 bits per heavy atom. The largest absolute Gasteiger partial charge is 0.496 e. The number of methoxy groups -OCH3 is 1. The minimum Gasteiger partial charge on any atom is -0.496 e. The summed E-state index contributed by atoms with van der Waals surface area (Å²) in [6.07, 6.45) is 7.59. The Bertz CT molecular complexity index is 965. The smallest absolute Gasteiger partial charge is 0.178 e. The number of hydrogen-bond acceptors (Lipinski definition) is 7. The molecule has 0 spiro atoms. The van der Waals surface area contributed by atoms with E-state index in [0.29, 0.717) is 5.56 Å². The van der Waals surface area contributed by atoms with Gasteiger partial charge in [-0.05, 0) is 36.4 Å². The van der Waals surface area contributed by atoms with Crippen molar-refractivity contribution in [1.82, 2.24) is 20.1 Å². The lowest BCUT2D eigenvalue weighted by atomic mass is 10.0. The number of piperazine rings is 1. The third-order valence-corrected chi connectivity index (χ3v) is 5.33. The predicted molar refractivity (Wildman–Crippen MR) is 111 cm³/mol. The van der Waals surface area contributed by atoms with Crippen LogP contribution in [0.2, 0.25) is 0 Å². The number of nitrogens with one attached hydrogen (secondary N) is 1. The van der Waals surface area contributed by atoms with Crippen molar-refractivity contribution >= 4 is 5.71 Å². The molecule has 1 fully saturated rings. The molecule has 0 bridgehead atoms. The zero-order chi connectivity index (χ0) is 20.2. The number of aliphatic imine (C=N–C) groups is 1. The first-order chi connectivity index (χ1) is 14.2. The summed E-state index contributed by atoms with van der Waals surface area (Å²) in [6.45, 7) is 2.48. The summed E-state index contributed by atoms with van der Waals surface area (Å²) < 4.78 is 5.55. The highest BCUT2D eigenvalue weighted by atomic mass is 16.5. The number of nitriles is 1. The summed E-state index contributed by atoms with van der Waals surface area (Å²) in [7, 11) is 3.71. The number of aromatic nitrogens is 1. The van der Waals surface area contributed by atoms with Gasteiger partial charge in [0.2, 0.25) is 0 Å². The molecule has 148 valence electrons. The Kier molecular flexibility index (Phi) is 5.56. The van der Waals surface area contributed by atoms with Crippen LogP contribution < -0.4 is 10.1 Å². The molecule has 2 atom stereocenters. The zero-order valence-corrected chi connectivity index (χ0v) is 16.6. The zero-order valence-electron chi connectivity index (χ0n) is 16.6. The molecular formula is C22H24N6O. The third kappa shape index (κ3) is 3.99. The van der Waals surface area contributed by atoms with Gasteiger partial charge < -0.3 is 15.0 Å². The van der Waals surface area contributed by atoms with Gasteiger partial charge in [0.15, 0.2) is 6.29 Å². The Hall–Kier alpha value is -3.21. The minimum absolute atomic E-state index is 0.0610. The quantitative estimate of drug-likeness (QED) is 0.865. The van der Waals surface area contributed by atoms with Crippen LogP contribution in [0.15, 0.2) is 60.0 Å². The molecule has 7 nitrogen and oxygen atoms in total. The van der Waals surface area contributed by atoms with Crippen molar-refractivity contribution in [2.75, 3.05) is 33.8 Å². The second-order valence-corrected chi connectivity index (χ2v) is 7.15. The van der Waals surface area contributed by atoms with Gasteiger partial charge in [0.05, 0.1) is 24.5 Å². The summed E-state index contributed by atoms with van der Waals surface area (Å²) >= 11 is 0. The Balaban J connectivity index is 1.59. The second kappa shape index (κ2) is 8.43. The van der Waals surface area contributed by atoms with E-state index in [1.165, 1.54) is 0 Å². The standard InChI is InChI=1S/C22H24N6O/c1-27-11-7-19(17-5-8-24-9-6-17)26-22(27)28-12-10-25-20(15-28)18-13-16(14-23)3-4-21(18)29-2/h3-9,11,13,20,22,25H,10,12,15H2,1-2H3. The Morgan fingerprint density at radius 2 is 2.07 bits per heavy atom. The van der Waals surface area contributed by atoms with Crippen molar-refractivity contribution in [3.8, 4) is 11.8 Å². The van der Waals surface area contributed by atoms with Gasteiger partial charge in [0, 0.05) is 62.4 Å². The number of benzene rings is 1. The highest BCUT2D eigenvalue weighted by Gasteiger charge is 2.30. The van der Waals surface area contributed by atoms with E-state index in [1.54, 1.807) is 25.6 Å². The summed E-state index contributed by atoms with van der Waals surface area (Å²) in [5.41, 5.74) is 3.65. The highest BCUT2D eigenvalue weighted by molar-refractivity contribution is 6.08. The van der Waals surface area contributed by atoms with Crippen molar-refractivity contribution in [2.45, 2.75) is 12.3 Å².